The third kappa shape index (κ3) is 3.78. The molecule has 1 fully saturated rings. The van der Waals surface area contributed by atoms with Crippen molar-refractivity contribution in [1.82, 2.24) is 0 Å². The van der Waals surface area contributed by atoms with Crippen molar-refractivity contribution in [2.75, 3.05) is 0 Å². The van der Waals surface area contributed by atoms with Crippen molar-refractivity contribution in [2.45, 2.75) is 43.9 Å². The molecule has 0 heterocycles. The van der Waals surface area contributed by atoms with Crippen LogP contribution in [0, 0.1) is 27.8 Å². The van der Waals surface area contributed by atoms with Crippen molar-refractivity contribution < 1.29 is 9.31 Å². The molecule has 0 N–H and O–H groups in total. The summed E-state index contributed by atoms with van der Waals surface area (Å²) in [6, 6.07) is 3.89. The van der Waals surface area contributed by atoms with E-state index in [0.717, 1.165) is 30.4 Å². The number of nitro groups is 1. The lowest BCUT2D eigenvalue weighted by Gasteiger charge is -2.33. The molecule has 3 unspecified atom stereocenters. The van der Waals surface area contributed by atoms with Crippen LogP contribution in [0.15, 0.2) is 18.2 Å². The molecular weight excluding hydrogens is 325 g/mol. The minimum absolute atomic E-state index is 0.158. The fourth-order valence-corrected chi connectivity index (χ4v) is 3.73. The van der Waals surface area contributed by atoms with E-state index >= 15 is 0 Å². The van der Waals surface area contributed by atoms with Gasteiger partial charge in [-0.15, -0.1) is 0 Å². The van der Waals surface area contributed by atoms with Crippen LogP contribution in [0.3, 0.4) is 0 Å². The zero-order chi connectivity index (χ0) is 14.7. The van der Waals surface area contributed by atoms with Gasteiger partial charge in [0.25, 0.3) is 5.69 Å². The van der Waals surface area contributed by atoms with Gasteiger partial charge in [-0.1, -0.05) is 29.3 Å². The monoisotopic (exact) mass is 343 g/mol. The van der Waals surface area contributed by atoms with Crippen LogP contribution in [-0.2, 0) is 6.42 Å². The predicted molar refractivity (Wildman–Crippen MR) is 80.6 cm³/mol. The average molecular weight is 344 g/mol. The number of hydrogen-bond acceptors (Lipinski definition) is 2. The molecule has 1 aliphatic carbocycles. The highest BCUT2D eigenvalue weighted by Gasteiger charge is 2.28. The van der Waals surface area contributed by atoms with Gasteiger partial charge in [0, 0.05) is 10.9 Å². The normalized spacial score (nSPS) is 26.4. The molecule has 1 aromatic rings. The number of nitro benzene ring substituents is 1. The Morgan fingerprint density at radius 2 is 2.15 bits per heavy atom. The van der Waals surface area contributed by atoms with Crippen LogP contribution in [0.2, 0.25) is 0 Å². The fraction of sp³-hybridized carbons (Fsp3) is 0.600. The first-order valence-electron chi connectivity index (χ1n) is 7.07. The van der Waals surface area contributed by atoms with Crippen molar-refractivity contribution in [2.24, 2.45) is 11.8 Å². The van der Waals surface area contributed by atoms with Crippen LogP contribution in [0.5, 0.6) is 0 Å². The molecule has 0 aromatic heterocycles. The lowest BCUT2D eigenvalue weighted by molar-refractivity contribution is -0.385. The second-order valence-electron chi connectivity index (χ2n) is 5.64. The highest BCUT2D eigenvalue weighted by atomic mass is 79.9. The standard InChI is InChI=1S/C15H19BrFNO2/c1-2-10-3-4-15(16)12(5-10)6-11-7-13(17)9-14(8-11)18(19)20/h7-10,12,15H,2-6H2,1H3. The van der Waals surface area contributed by atoms with Crippen molar-refractivity contribution in [3.63, 3.8) is 0 Å². The summed E-state index contributed by atoms with van der Waals surface area (Å²) in [5.41, 5.74) is 0.567. The quantitative estimate of drug-likeness (QED) is 0.444. The Morgan fingerprint density at radius 1 is 1.40 bits per heavy atom. The van der Waals surface area contributed by atoms with E-state index in [-0.39, 0.29) is 5.69 Å². The fourth-order valence-electron chi connectivity index (χ4n) is 3.07. The Hall–Kier alpha value is -0.970. The van der Waals surface area contributed by atoms with Gasteiger partial charge in [-0.25, -0.2) is 4.39 Å². The van der Waals surface area contributed by atoms with Gasteiger partial charge in [0.1, 0.15) is 5.82 Å². The molecule has 0 amide bonds. The van der Waals surface area contributed by atoms with Gasteiger partial charge in [-0.05, 0) is 49.1 Å². The minimum atomic E-state index is -0.534. The van der Waals surface area contributed by atoms with Gasteiger partial charge in [-0.3, -0.25) is 10.1 Å². The Kier molecular flexibility index (Phi) is 5.13. The van der Waals surface area contributed by atoms with E-state index in [4.69, 9.17) is 0 Å². The molecule has 3 nitrogen and oxygen atoms in total. The Labute approximate surface area is 126 Å². The summed E-state index contributed by atoms with van der Waals surface area (Å²) in [5, 5.41) is 10.8. The number of hydrogen-bond donors (Lipinski definition) is 0. The third-order valence-electron chi connectivity index (χ3n) is 4.23. The van der Waals surface area contributed by atoms with Crippen LogP contribution in [-0.4, -0.2) is 9.75 Å². The number of nitrogens with zero attached hydrogens (tertiary/aromatic N) is 1. The summed E-state index contributed by atoms with van der Waals surface area (Å²) in [4.78, 5) is 10.7. The summed E-state index contributed by atoms with van der Waals surface area (Å²) < 4.78 is 13.5. The molecule has 0 saturated heterocycles. The van der Waals surface area contributed by atoms with Gasteiger partial charge < -0.3 is 0 Å². The second-order valence-corrected chi connectivity index (χ2v) is 6.82. The first-order valence-corrected chi connectivity index (χ1v) is 7.99. The lowest BCUT2D eigenvalue weighted by Crippen LogP contribution is -2.26. The van der Waals surface area contributed by atoms with Crippen LogP contribution in [0.25, 0.3) is 0 Å². The minimum Gasteiger partial charge on any atom is -0.258 e. The molecule has 20 heavy (non-hydrogen) atoms. The number of rotatable bonds is 4. The zero-order valence-electron chi connectivity index (χ0n) is 11.5. The van der Waals surface area contributed by atoms with Crippen molar-refractivity contribution >= 4 is 21.6 Å². The molecule has 110 valence electrons. The van der Waals surface area contributed by atoms with Crippen molar-refractivity contribution in [1.29, 1.82) is 0 Å². The van der Waals surface area contributed by atoms with Crippen LogP contribution >= 0.6 is 15.9 Å². The van der Waals surface area contributed by atoms with Gasteiger partial charge >= 0.3 is 0 Å². The maximum absolute atomic E-state index is 13.5. The number of halogens is 2. The largest absolute Gasteiger partial charge is 0.272 e. The van der Waals surface area contributed by atoms with Crippen LogP contribution < -0.4 is 0 Å². The Bertz CT molecular complexity index is 495. The topological polar surface area (TPSA) is 43.1 Å². The molecular formula is C15H19BrFNO2. The van der Waals surface area contributed by atoms with Crippen molar-refractivity contribution in [3.8, 4) is 0 Å². The van der Waals surface area contributed by atoms with E-state index in [1.165, 1.54) is 25.0 Å². The van der Waals surface area contributed by atoms with Crippen LogP contribution in [0.1, 0.15) is 38.2 Å². The number of benzene rings is 1. The van der Waals surface area contributed by atoms with E-state index in [2.05, 4.69) is 22.9 Å². The van der Waals surface area contributed by atoms with E-state index in [1.807, 2.05) is 0 Å². The van der Waals surface area contributed by atoms with E-state index in [0.29, 0.717) is 17.2 Å². The molecule has 1 aromatic carbocycles. The summed E-state index contributed by atoms with van der Waals surface area (Å²) in [5.74, 6) is 0.621. The molecule has 0 aliphatic heterocycles. The van der Waals surface area contributed by atoms with E-state index in [9.17, 15) is 14.5 Å². The lowest BCUT2D eigenvalue weighted by atomic mass is 9.77. The summed E-state index contributed by atoms with van der Waals surface area (Å²) in [6.07, 6.45) is 5.33. The van der Waals surface area contributed by atoms with Gasteiger partial charge in [0.15, 0.2) is 0 Å². The predicted octanol–water partition coefficient (Wildman–Crippen LogP) is 4.87. The smallest absolute Gasteiger partial charge is 0.258 e. The maximum atomic E-state index is 13.5. The second kappa shape index (κ2) is 6.66. The zero-order valence-corrected chi connectivity index (χ0v) is 13.1. The van der Waals surface area contributed by atoms with Gasteiger partial charge in [-0.2, -0.15) is 0 Å². The van der Waals surface area contributed by atoms with Gasteiger partial charge in [0.2, 0.25) is 0 Å². The first kappa shape index (κ1) is 15.4. The van der Waals surface area contributed by atoms with Gasteiger partial charge in [0.05, 0.1) is 11.0 Å². The molecule has 3 atom stereocenters. The van der Waals surface area contributed by atoms with Crippen molar-refractivity contribution in [3.05, 3.63) is 39.7 Å². The molecule has 1 saturated carbocycles. The third-order valence-corrected chi connectivity index (χ3v) is 5.43. The molecule has 1 aliphatic rings. The molecule has 0 radical (unpaired) electrons. The molecule has 2 rings (SSSR count). The molecule has 5 heteroatoms. The van der Waals surface area contributed by atoms with E-state index < -0.39 is 10.7 Å². The number of alkyl halides is 1. The average Bonchev–Trinajstić information content (AvgIpc) is 2.40. The first-order chi connectivity index (χ1) is 9.49. The SMILES string of the molecule is CCC1CCC(Br)C(Cc2cc(F)cc([N+](=O)[O-])c2)C1. The maximum Gasteiger partial charge on any atom is 0.272 e. The van der Waals surface area contributed by atoms with E-state index in [1.54, 1.807) is 0 Å². The highest BCUT2D eigenvalue weighted by Crippen LogP contribution is 2.37. The summed E-state index contributed by atoms with van der Waals surface area (Å²) in [6.45, 7) is 2.20. The molecule has 0 spiro atoms. The Balaban J connectivity index is 2.14. The number of non-ortho nitro benzene ring substituents is 1. The van der Waals surface area contributed by atoms with Crippen LogP contribution in [0.4, 0.5) is 10.1 Å². The summed E-state index contributed by atoms with van der Waals surface area (Å²) >= 11 is 3.71. The molecule has 0 bridgehead atoms. The Morgan fingerprint density at radius 3 is 2.80 bits per heavy atom. The highest BCUT2D eigenvalue weighted by molar-refractivity contribution is 9.09. The summed E-state index contributed by atoms with van der Waals surface area (Å²) in [7, 11) is 0.